The van der Waals surface area contributed by atoms with Crippen LogP contribution < -0.4 is 5.32 Å². The lowest BCUT2D eigenvalue weighted by molar-refractivity contribution is -0.135. The lowest BCUT2D eigenvalue weighted by atomic mass is 10.0. The molecule has 0 spiro atoms. The Morgan fingerprint density at radius 2 is 2.24 bits per heavy atom. The Labute approximate surface area is 104 Å². The summed E-state index contributed by atoms with van der Waals surface area (Å²) >= 11 is 0. The van der Waals surface area contributed by atoms with Gasteiger partial charge in [-0.3, -0.25) is 4.79 Å². The van der Waals surface area contributed by atoms with Crippen LogP contribution in [0.3, 0.4) is 0 Å². The molecule has 2 heterocycles. The summed E-state index contributed by atoms with van der Waals surface area (Å²) in [6.07, 6.45) is 5.85. The van der Waals surface area contributed by atoms with Gasteiger partial charge in [-0.2, -0.15) is 0 Å². The van der Waals surface area contributed by atoms with Gasteiger partial charge in [0.15, 0.2) is 0 Å². The number of nitrogens with one attached hydrogen (secondary N) is 1. The molecule has 0 aromatic heterocycles. The lowest BCUT2D eigenvalue weighted by Crippen LogP contribution is -2.50. The Kier molecular flexibility index (Phi) is 4.80. The molecule has 1 N–H and O–H groups in total. The van der Waals surface area contributed by atoms with E-state index in [0.29, 0.717) is 0 Å². The molecule has 2 saturated heterocycles. The van der Waals surface area contributed by atoms with Crippen LogP contribution in [-0.4, -0.2) is 49.2 Å². The summed E-state index contributed by atoms with van der Waals surface area (Å²) in [6, 6.07) is 0.0464. The number of nitrogens with zero attached hydrogens (tertiary/aromatic N) is 1. The van der Waals surface area contributed by atoms with Crippen LogP contribution in [0.1, 0.15) is 39.0 Å². The van der Waals surface area contributed by atoms with Gasteiger partial charge in [0.2, 0.25) is 5.91 Å². The van der Waals surface area contributed by atoms with Gasteiger partial charge in [0.25, 0.3) is 0 Å². The molecule has 0 radical (unpaired) electrons. The molecule has 2 aliphatic rings. The zero-order valence-electron chi connectivity index (χ0n) is 10.8. The van der Waals surface area contributed by atoms with Crippen molar-refractivity contribution >= 4 is 5.91 Å². The topological polar surface area (TPSA) is 41.6 Å². The van der Waals surface area contributed by atoms with Gasteiger partial charge in [0.1, 0.15) is 0 Å². The summed E-state index contributed by atoms with van der Waals surface area (Å²) < 4.78 is 5.61. The molecule has 17 heavy (non-hydrogen) atoms. The predicted molar refractivity (Wildman–Crippen MR) is 66.9 cm³/mol. The van der Waals surface area contributed by atoms with Crippen molar-refractivity contribution in [2.24, 2.45) is 0 Å². The largest absolute Gasteiger partial charge is 0.376 e. The van der Waals surface area contributed by atoms with E-state index in [0.717, 1.165) is 45.5 Å². The molecule has 2 aliphatic heterocycles. The van der Waals surface area contributed by atoms with E-state index in [-0.39, 0.29) is 18.1 Å². The van der Waals surface area contributed by atoms with E-state index in [1.54, 1.807) is 0 Å². The first-order valence-electron chi connectivity index (χ1n) is 6.95. The van der Waals surface area contributed by atoms with Crippen LogP contribution in [0, 0.1) is 0 Å². The van der Waals surface area contributed by atoms with Crippen molar-refractivity contribution in [2.45, 2.75) is 51.2 Å². The fourth-order valence-corrected chi connectivity index (χ4v) is 2.69. The quantitative estimate of drug-likeness (QED) is 0.801. The fourth-order valence-electron chi connectivity index (χ4n) is 2.69. The van der Waals surface area contributed by atoms with Crippen molar-refractivity contribution in [3.8, 4) is 0 Å². The minimum Gasteiger partial charge on any atom is -0.376 e. The van der Waals surface area contributed by atoms with Crippen LogP contribution in [0.5, 0.6) is 0 Å². The van der Waals surface area contributed by atoms with Crippen LogP contribution in [0.2, 0.25) is 0 Å². The molecule has 0 bridgehead atoms. The maximum absolute atomic E-state index is 12.3. The molecule has 2 fully saturated rings. The van der Waals surface area contributed by atoms with E-state index in [2.05, 4.69) is 12.2 Å². The number of amides is 1. The average molecular weight is 240 g/mol. The molecular weight excluding hydrogens is 216 g/mol. The van der Waals surface area contributed by atoms with Gasteiger partial charge < -0.3 is 15.0 Å². The van der Waals surface area contributed by atoms with Crippen molar-refractivity contribution in [1.29, 1.82) is 0 Å². The van der Waals surface area contributed by atoms with Gasteiger partial charge >= 0.3 is 0 Å². The van der Waals surface area contributed by atoms with E-state index in [1.807, 2.05) is 4.90 Å². The first-order chi connectivity index (χ1) is 8.31. The highest BCUT2D eigenvalue weighted by Crippen LogP contribution is 2.15. The minimum absolute atomic E-state index is 0.0464. The number of carbonyl (C=O) groups excluding carboxylic acids is 1. The van der Waals surface area contributed by atoms with Crippen molar-refractivity contribution in [3.05, 3.63) is 0 Å². The zero-order valence-corrected chi connectivity index (χ0v) is 10.8. The molecule has 2 rings (SSSR count). The Balaban J connectivity index is 1.84. The van der Waals surface area contributed by atoms with Crippen LogP contribution in [0.25, 0.3) is 0 Å². The summed E-state index contributed by atoms with van der Waals surface area (Å²) in [4.78, 5) is 14.3. The van der Waals surface area contributed by atoms with Crippen LogP contribution in [-0.2, 0) is 9.53 Å². The highest BCUT2D eigenvalue weighted by molar-refractivity contribution is 5.82. The summed E-state index contributed by atoms with van der Waals surface area (Å²) in [5.74, 6) is 0.266. The Morgan fingerprint density at radius 3 is 2.82 bits per heavy atom. The highest BCUT2D eigenvalue weighted by atomic mass is 16.5. The highest BCUT2D eigenvalue weighted by Gasteiger charge is 2.27. The SMILES string of the molecule is CCN(CC1CCCO1)C(=O)[C@@H]1CCCCN1. The molecule has 0 saturated carbocycles. The lowest BCUT2D eigenvalue weighted by Gasteiger charge is -2.30. The van der Waals surface area contributed by atoms with E-state index >= 15 is 0 Å². The third-order valence-corrected chi connectivity index (χ3v) is 3.75. The Morgan fingerprint density at radius 1 is 1.35 bits per heavy atom. The predicted octanol–water partition coefficient (Wildman–Crippen LogP) is 1.16. The van der Waals surface area contributed by atoms with Gasteiger partial charge in [-0.25, -0.2) is 0 Å². The molecule has 1 amide bonds. The summed E-state index contributed by atoms with van der Waals surface area (Å²) in [6.45, 7) is 5.45. The van der Waals surface area contributed by atoms with Gasteiger partial charge in [-0.1, -0.05) is 6.42 Å². The average Bonchev–Trinajstić information content (AvgIpc) is 2.89. The molecular formula is C13H24N2O2. The third kappa shape index (κ3) is 3.42. The maximum Gasteiger partial charge on any atom is 0.239 e. The zero-order chi connectivity index (χ0) is 12.1. The monoisotopic (exact) mass is 240 g/mol. The second-order valence-corrected chi connectivity index (χ2v) is 5.01. The van der Waals surface area contributed by atoms with Crippen LogP contribution >= 0.6 is 0 Å². The number of hydrogen-bond acceptors (Lipinski definition) is 3. The summed E-state index contributed by atoms with van der Waals surface area (Å²) in [5, 5.41) is 3.33. The summed E-state index contributed by atoms with van der Waals surface area (Å²) in [5.41, 5.74) is 0. The minimum atomic E-state index is 0.0464. The van der Waals surface area contributed by atoms with Crippen molar-refractivity contribution < 1.29 is 9.53 Å². The maximum atomic E-state index is 12.3. The molecule has 0 aromatic rings. The first-order valence-corrected chi connectivity index (χ1v) is 6.95. The number of piperidine rings is 1. The number of rotatable bonds is 4. The molecule has 4 heteroatoms. The van der Waals surface area contributed by atoms with E-state index < -0.39 is 0 Å². The van der Waals surface area contributed by atoms with Gasteiger partial charge in [0, 0.05) is 19.7 Å². The molecule has 0 aliphatic carbocycles. The van der Waals surface area contributed by atoms with E-state index in [9.17, 15) is 4.79 Å². The second kappa shape index (κ2) is 6.36. The van der Waals surface area contributed by atoms with Crippen LogP contribution in [0.15, 0.2) is 0 Å². The molecule has 2 atom stereocenters. The number of ether oxygens (including phenoxy) is 1. The van der Waals surface area contributed by atoms with Gasteiger partial charge in [0.05, 0.1) is 12.1 Å². The standard InChI is InChI=1S/C13H24N2O2/c1-2-15(10-11-6-5-9-17-11)13(16)12-7-3-4-8-14-12/h11-12,14H,2-10H2,1H3/t11?,12-/m0/s1. The van der Waals surface area contributed by atoms with Crippen molar-refractivity contribution in [1.82, 2.24) is 10.2 Å². The third-order valence-electron chi connectivity index (χ3n) is 3.75. The summed E-state index contributed by atoms with van der Waals surface area (Å²) in [7, 11) is 0. The molecule has 1 unspecified atom stereocenters. The number of hydrogen-bond donors (Lipinski definition) is 1. The Bertz CT molecular complexity index is 246. The van der Waals surface area contributed by atoms with Crippen LogP contribution in [0.4, 0.5) is 0 Å². The van der Waals surface area contributed by atoms with E-state index in [1.165, 1.54) is 12.8 Å². The smallest absolute Gasteiger partial charge is 0.239 e. The second-order valence-electron chi connectivity index (χ2n) is 5.01. The molecule has 0 aromatic carbocycles. The normalized spacial score (nSPS) is 29.2. The molecule has 4 nitrogen and oxygen atoms in total. The van der Waals surface area contributed by atoms with Gasteiger partial charge in [-0.15, -0.1) is 0 Å². The van der Waals surface area contributed by atoms with E-state index in [4.69, 9.17) is 4.74 Å². The number of likely N-dealkylation sites (N-methyl/N-ethyl adjacent to an activating group) is 1. The van der Waals surface area contributed by atoms with Crippen molar-refractivity contribution in [2.75, 3.05) is 26.2 Å². The fraction of sp³-hybridized carbons (Fsp3) is 0.923. The van der Waals surface area contributed by atoms with Gasteiger partial charge in [-0.05, 0) is 39.2 Å². The van der Waals surface area contributed by atoms with Crippen molar-refractivity contribution in [3.63, 3.8) is 0 Å². The molecule has 98 valence electrons. The first kappa shape index (κ1) is 12.8. The Hall–Kier alpha value is -0.610. The number of carbonyl (C=O) groups is 1.